The van der Waals surface area contributed by atoms with Crippen molar-refractivity contribution >= 4 is 6.29 Å². The molecule has 0 saturated heterocycles. The summed E-state index contributed by atoms with van der Waals surface area (Å²) in [4.78, 5) is 10.7. The Bertz CT molecular complexity index is 507. The maximum absolute atomic E-state index is 13.5. The Labute approximate surface area is 85.3 Å². The first-order valence-electron chi connectivity index (χ1n) is 4.34. The highest BCUT2D eigenvalue weighted by molar-refractivity contribution is 5.83. The fourth-order valence-corrected chi connectivity index (χ4v) is 1.42. The second kappa shape index (κ2) is 3.61. The predicted octanol–water partition coefficient (Wildman–Crippen LogP) is 1.43. The van der Waals surface area contributed by atoms with Gasteiger partial charge in [-0.3, -0.25) is 4.79 Å². The Balaban J connectivity index is 2.68. The van der Waals surface area contributed by atoms with Crippen molar-refractivity contribution in [1.29, 1.82) is 0 Å². The predicted molar refractivity (Wildman–Crippen MR) is 51.8 cm³/mol. The van der Waals surface area contributed by atoms with Gasteiger partial charge in [-0.25, -0.2) is 9.07 Å². The van der Waals surface area contributed by atoms with Gasteiger partial charge in [-0.05, 0) is 12.1 Å². The molecule has 15 heavy (non-hydrogen) atoms. The monoisotopic (exact) mass is 205 g/mol. The smallest absolute Gasteiger partial charge is 0.172 e. The fourth-order valence-electron chi connectivity index (χ4n) is 1.42. The molecule has 1 aromatic heterocycles. The summed E-state index contributed by atoms with van der Waals surface area (Å²) in [5, 5.41) is 7.30. The second-order valence-corrected chi connectivity index (χ2v) is 3.04. The summed E-state index contributed by atoms with van der Waals surface area (Å²) in [5.41, 5.74) is 0.859. The average Bonchev–Trinajstić information content (AvgIpc) is 2.60. The van der Waals surface area contributed by atoms with Crippen LogP contribution in [0.2, 0.25) is 0 Å². The number of aryl methyl sites for hydroxylation is 1. The van der Waals surface area contributed by atoms with Crippen LogP contribution in [-0.2, 0) is 7.05 Å². The van der Waals surface area contributed by atoms with Crippen LogP contribution in [0.1, 0.15) is 10.5 Å². The third kappa shape index (κ3) is 1.52. The second-order valence-electron chi connectivity index (χ2n) is 3.04. The molecule has 0 amide bonds. The first-order valence-corrected chi connectivity index (χ1v) is 4.34. The van der Waals surface area contributed by atoms with Gasteiger partial charge >= 0.3 is 0 Å². The SMILES string of the molecule is Cn1nnc(C=O)c1-c1ccccc1F. The molecule has 2 rings (SSSR count). The number of nitrogens with zero attached hydrogens (tertiary/aromatic N) is 3. The number of hydrogen-bond donors (Lipinski definition) is 0. The maximum Gasteiger partial charge on any atom is 0.172 e. The van der Waals surface area contributed by atoms with Crippen molar-refractivity contribution in [1.82, 2.24) is 15.0 Å². The van der Waals surface area contributed by atoms with Gasteiger partial charge in [-0.2, -0.15) is 0 Å². The van der Waals surface area contributed by atoms with Crippen molar-refractivity contribution < 1.29 is 9.18 Å². The lowest BCUT2D eigenvalue weighted by atomic mass is 10.1. The molecule has 0 aliphatic carbocycles. The highest BCUT2D eigenvalue weighted by Gasteiger charge is 2.14. The van der Waals surface area contributed by atoms with E-state index in [0.29, 0.717) is 17.5 Å². The number of halogens is 1. The zero-order valence-electron chi connectivity index (χ0n) is 8.01. The summed E-state index contributed by atoms with van der Waals surface area (Å²) >= 11 is 0. The molecule has 76 valence electrons. The highest BCUT2D eigenvalue weighted by Crippen LogP contribution is 2.23. The van der Waals surface area contributed by atoms with E-state index in [9.17, 15) is 9.18 Å². The zero-order chi connectivity index (χ0) is 10.8. The quantitative estimate of drug-likeness (QED) is 0.697. The summed E-state index contributed by atoms with van der Waals surface area (Å²) < 4.78 is 14.8. The van der Waals surface area contributed by atoms with E-state index in [1.807, 2.05) is 0 Å². The van der Waals surface area contributed by atoms with E-state index < -0.39 is 5.82 Å². The largest absolute Gasteiger partial charge is 0.296 e. The number of aromatic nitrogens is 3. The van der Waals surface area contributed by atoms with E-state index >= 15 is 0 Å². The number of carbonyl (C=O) groups is 1. The van der Waals surface area contributed by atoms with Gasteiger partial charge in [0.15, 0.2) is 12.0 Å². The van der Waals surface area contributed by atoms with Crippen LogP contribution in [0.4, 0.5) is 4.39 Å². The standard InChI is InChI=1S/C10H8FN3O/c1-14-10(9(6-15)12-13-14)7-4-2-3-5-8(7)11/h2-6H,1H3. The number of rotatable bonds is 2. The molecule has 4 nitrogen and oxygen atoms in total. The molecular weight excluding hydrogens is 197 g/mol. The van der Waals surface area contributed by atoms with Crippen LogP contribution in [0.3, 0.4) is 0 Å². The topological polar surface area (TPSA) is 47.8 Å². The Morgan fingerprint density at radius 1 is 1.40 bits per heavy atom. The van der Waals surface area contributed by atoms with Crippen molar-refractivity contribution in [2.24, 2.45) is 7.05 Å². The lowest BCUT2D eigenvalue weighted by molar-refractivity contribution is 0.111. The van der Waals surface area contributed by atoms with Gasteiger partial charge in [-0.15, -0.1) is 5.10 Å². The van der Waals surface area contributed by atoms with Crippen molar-refractivity contribution in [2.75, 3.05) is 0 Å². The molecule has 1 aromatic carbocycles. The molecule has 0 saturated carbocycles. The average molecular weight is 205 g/mol. The molecule has 0 radical (unpaired) electrons. The van der Waals surface area contributed by atoms with Crippen LogP contribution in [0.25, 0.3) is 11.3 Å². The Kier molecular flexibility index (Phi) is 2.29. The lowest BCUT2D eigenvalue weighted by Crippen LogP contribution is -1.97. The zero-order valence-corrected chi connectivity index (χ0v) is 8.01. The van der Waals surface area contributed by atoms with Gasteiger partial charge in [-0.1, -0.05) is 17.3 Å². The normalized spacial score (nSPS) is 10.3. The third-order valence-corrected chi connectivity index (χ3v) is 2.09. The summed E-state index contributed by atoms with van der Waals surface area (Å²) in [6, 6.07) is 6.20. The van der Waals surface area contributed by atoms with Gasteiger partial charge in [0.2, 0.25) is 0 Å². The van der Waals surface area contributed by atoms with Crippen molar-refractivity contribution in [3.63, 3.8) is 0 Å². The minimum Gasteiger partial charge on any atom is -0.296 e. The molecule has 0 aliphatic heterocycles. The van der Waals surface area contributed by atoms with E-state index in [1.165, 1.54) is 10.7 Å². The van der Waals surface area contributed by atoms with Gasteiger partial charge in [0, 0.05) is 12.6 Å². The molecule has 2 aromatic rings. The van der Waals surface area contributed by atoms with Crippen LogP contribution >= 0.6 is 0 Å². The first-order chi connectivity index (χ1) is 7.24. The highest BCUT2D eigenvalue weighted by atomic mass is 19.1. The van der Waals surface area contributed by atoms with Crippen molar-refractivity contribution in [2.45, 2.75) is 0 Å². The van der Waals surface area contributed by atoms with Crippen LogP contribution in [0.15, 0.2) is 24.3 Å². The summed E-state index contributed by atoms with van der Waals surface area (Å²) in [6.07, 6.45) is 0.564. The van der Waals surface area contributed by atoms with E-state index in [0.717, 1.165) is 0 Å². The van der Waals surface area contributed by atoms with Crippen LogP contribution in [-0.4, -0.2) is 21.3 Å². The number of carbonyl (C=O) groups excluding carboxylic acids is 1. The van der Waals surface area contributed by atoms with Crippen LogP contribution in [0, 0.1) is 5.82 Å². The molecule has 0 bridgehead atoms. The van der Waals surface area contributed by atoms with Gasteiger partial charge < -0.3 is 0 Å². The molecule has 5 heteroatoms. The van der Waals surface area contributed by atoms with Crippen LogP contribution < -0.4 is 0 Å². The number of aldehydes is 1. The number of benzene rings is 1. The molecule has 0 N–H and O–H groups in total. The Hall–Kier alpha value is -2.04. The molecule has 0 atom stereocenters. The van der Waals surface area contributed by atoms with E-state index in [-0.39, 0.29) is 5.69 Å². The molecule has 0 spiro atoms. The fraction of sp³-hybridized carbons (Fsp3) is 0.100. The van der Waals surface area contributed by atoms with Gasteiger partial charge in [0.1, 0.15) is 11.5 Å². The molecule has 0 unspecified atom stereocenters. The molecule has 0 aliphatic rings. The number of hydrogen-bond acceptors (Lipinski definition) is 3. The van der Waals surface area contributed by atoms with Gasteiger partial charge in [0.25, 0.3) is 0 Å². The van der Waals surface area contributed by atoms with Crippen LogP contribution in [0.5, 0.6) is 0 Å². The summed E-state index contributed by atoms with van der Waals surface area (Å²) in [7, 11) is 1.61. The van der Waals surface area contributed by atoms with Crippen molar-refractivity contribution in [3.8, 4) is 11.3 Å². The summed E-state index contributed by atoms with van der Waals surface area (Å²) in [5.74, 6) is -0.397. The lowest BCUT2D eigenvalue weighted by Gasteiger charge is -2.02. The minimum atomic E-state index is -0.397. The molecule has 1 heterocycles. The Morgan fingerprint density at radius 2 is 2.13 bits per heavy atom. The Morgan fingerprint density at radius 3 is 2.80 bits per heavy atom. The molecular formula is C10H8FN3O. The maximum atomic E-state index is 13.5. The van der Waals surface area contributed by atoms with E-state index in [1.54, 1.807) is 25.2 Å². The first kappa shape index (κ1) is 9.51. The third-order valence-electron chi connectivity index (χ3n) is 2.09. The summed E-state index contributed by atoms with van der Waals surface area (Å²) in [6.45, 7) is 0. The van der Waals surface area contributed by atoms with Crippen molar-refractivity contribution in [3.05, 3.63) is 35.8 Å². The minimum absolute atomic E-state index is 0.141. The van der Waals surface area contributed by atoms with E-state index in [2.05, 4.69) is 10.3 Å². The molecule has 0 fully saturated rings. The van der Waals surface area contributed by atoms with E-state index in [4.69, 9.17) is 0 Å². The van der Waals surface area contributed by atoms with Gasteiger partial charge in [0.05, 0.1) is 0 Å².